The first-order valence-electron chi connectivity index (χ1n) is 9.05. The molecule has 2 aromatic carbocycles. The molecule has 2 amide bonds. The van der Waals surface area contributed by atoms with Crippen molar-refractivity contribution in [2.75, 3.05) is 17.2 Å². The standard InChI is InChI=1S/C20H19ClN4O3/c21-13-5-3-6-14(11-13)22-19(26)24-18-16-8-1-2-9-17(16)23-20(27)25(18)12-15-7-4-10-28-15/h1-3,5-6,8-9,11,15H,4,7,10,12H2,(H2,22,24,26)/t15-/m0/s1. The molecule has 0 spiro atoms. The molecule has 0 unspecified atom stereocenters. The molecule has 8 heteroatoms. The Morgan fingerprint density at radius 1 is 1.21 bits per heavy atom. The van der Waals surface area contributed by atoms with Gasteiger partial charge in [0.15, 0.2) is 0 Å². The number of carbonyl (C=O) groups is 1. The van der Waals surface area contributed by atoms with Gasteiger partial charge >= 0.3 is 11.7 Å². The molecule has 28 heavy (non-hydrogen) atoms. The molecule has 0 radical (unpaired) electrons. The topological polar surface area (TPSA) is 85.3 Å². The van der Waals surface area contributed by atoms with E-state index in [1.54, 1.807) is 36.4 Å². The molecule has 1 fully saturated rings. The number of urea groups is 1. The SMILES string of the molecule is O=C(Nc1cccc(Cl)c1)Nc1c2ccccc2nc(=O)n1C[C@@H]1CCCO1. The van der Waals surface area contributed by atoms with Crippen LogP contribution in [-0.2, 0) is 11.3 Å². The highest BCUT2D eigenvalue weighted by atomic mass is 35.5. The smallest absolute Gasteiger partial charge is 0.349 e. The molecule has 0 aliphatic carbocycles. The van der Waals surface area contributed by atoms with Crippen LogP contribution >= 0.6 is 11.6 Å². The Bertz CT molecular complexity index is 1080. The summed E-state index contributed by atoms with van der Waals surface area (Å²) in [6.45, 7) is 1.02. The maximum Gasteiger partial charge on any atom is 0.349 e. The number of halogens is 1. The molecule has 144 valence electrons. The lowest BCUT2D eigenvalue weighted by atomic mass is 10.2. The van der Waals surface area contributed by atoms with E-state index in [0.29, 0.717) is 40.6 Å². The summed E-state index contributed by atoms with van der Waals surface area (Å²) in [5, 5.41) is 6.74. The van der Waals surface area contributed by atoms with Crippen molar-refractivity contribution >= 4 is 40.0 Å². The third-order valence-corrected chi connectivity index (χ3v) is 4.84. The Balaban J connectivity index is 1.68. The molecule has 3 aromatic rings. The number of hydrogen-bond donors (Lipinski definition) is 2. The highest BCUT2D eigenvalue weighted by molar-refractivity contribution is 6.30. The van der Waals surface area contributed by atoms with Crippen molar-refractivity contribution < 1.29 is 9.53 Å². The van der Waals surface area contributed by atoms with E-state index >= 15 is 0 Å². The van der Waals surface area contributed by atoms with Gasteiger partial charge in [-0.05, 0) is 43.2 Å². The van der Waals surface area contributed by atoms with Gasteiger partial charge in [-0.25, -0.2) is 9.59 Å². The maximum absolute atomic E-state index is 12.6. The lowest BCUT2D eigenvalue weighted by Crippen LogP contribution is -2.33. The summed E-state index contributed by atoms with van der Waals surface area (Å²) in [4.78, 5) is 29.4. The number of para-hydroxylation sites is 1. The van der Waals surface area contributed by atoms with E-state index in [2.05, 4.69) is 15.6 Å². The fraction of sp³-hybridized carbons (Fsp3) is 0.250. The Kier molecular flexibility index (Phi) is 5.27. The minimum Gasteiger partial charge on any atom is -0.376 e. The predicted octanol–water partition coefficient (Wildman–Crippen LogP) is 3.87. The van der Waals surface area contributed by atoms with E-state index in [1.165, 1.54) is 4.57 Å². The van der Waals surface area contributed by atoms with Crippen LogP contribution in [0.3, 0.4) is 0 Å². The fourth-order valence-electron chi connectivity index (χ4n) is 3.31. The van der Waals surface area contributed by atoms with Gasteiger partial charge in [-0.2, -0.15) is 4.98 Å². The minimum atomic E-state index is -0.473. The highest BCUT2D eigenvalue weighted by Crippen LogP contribution is 2.23. The van der Waals surface area contributed by atoms with Crippen molar-refractivity contribution in [3.05, 3.63) is 64.0 Å². The molecule has 1 aliphatic heterocycles. The Morgan fingerprint density at radius 3 is 2.86 bits per heavy atom. The van der Waals surface area contributed by atoms with Crippen molar-refractivity contribution in [3.8, 4) is 0 Å². The second-order valence-corrected chi connectivity index (χ2v) is 7.03. The summed E-state index contributed by atoms with van der Waals surface area (Å²) in [5.74, 6) is 0.394. The molecular formula is C20H19ClN4O3. The van der Waals surface area contributed by atoms with Crippen molar-refractivity contribution in [3.63, 3.8) is 0 Å². The zero-order valence-corrected chi connectivity index (χ0v) is 15.8. The van der Waals surface area contributed by atoms with E-state index < -0.39 is 11.7 Å². The van der Waals surface area contributed by atoms with Crippen LogP contribution < -0.4 is 16.3 Å². The van der Waals surface area contributed by atoms with E-state index in [9.17, 15) is 9.59 Å². The molecule has 0 bridgehead atoms. The first-order valence-corrected chi connectivity index (χ1v) is 9.43. The zero-order valence-electron chi connectivity index (χ0n) is 15.0. The average molecular weight is 399 g/mol. The van der Waals surface area contributed by atoms with Gasteiger partial charge in [0.2, 0.25) is 0 Å². The number of nitrogens with zero attached hydrogens (tertiary/aromatic N) is 2. The Hall–Kier alpha value is -2.90. The molecule has 2 N–H and O–H groups in total. The van der Waals surface area contributed by atoms with E-state index in [1.807, 2.05) is 12.1 Å². The van der Waals surface area contributed by atoms with Gasteiger partial charge in [0.25, 0.3) is 0 Å². The number of aromatic nitrogens is 2. The number of amides is 2. The van der Waals surface area contributed by atoms with Crippen LogP contribution in [-0.4, -0.2) is 28.3 Å². The predicted molar refractivity (Wildman–Crippen MR) is 109 cm³/mol. The van der Waals surface area contributed by atoms with E-state index in [0.717, 1.165) is 12.8 Å². The van der Waals surface area contributed by atoms with Gasteiger partial charge in [0.05, 0.1) is 18.2 Å². The summed E-state index contributed by atoms with van der Waals surface area (Å²) in [5.41, 5.74) is 0.651. The van der Waals surface area contributed by atoms with Crippen molar-refractivity contribution in [1.82, 2.24) is 9.55 Å². The van der Waals surface area contributed by atoms with Gasteiger partial charge in [-0.3, -0.25) is 9.88 Å². The van der Waals surface area contributed by atoms with Gasteiger partial charge < -0.3 is 10.1 Å². The molecule has 1 saturated heterocycles. The number of benzene rings is 2. The summed E-state index contributed by atoms with van der Waals surface area (Å²) in [6, 6.07) is 13.6. The second-order valence-electron chi connectivity index (χ2n) is 6.60. The number of fused-ring (bicyclic) bond motifs is 1. The van der Waals surface area contributed by atoms with Gasteiger partial charge in [0.1, 0.15) is 5.82 Å². The highest BCUT2D eigenvalue weighted by Gasteiger charge is 2.21. The number of rotatable bonds is 4. The van der Waals surface area contributed by atoms with Crippen molar-refractivity contribution in [2.45, 2.75) is 25.5 Å². The molecule has 4 rings (SSSR count). The maximum atomic E-state index is 12.6. The molecule has 1 aromatic heterocycles. The number of carbonyl (C=O) groups excluding carboxylic acids is 1. The lowest BCUT2D eigenvalue weighted by Gasteiger charge is -2.18. The molecule has 1 atom stereocenters. The quantitative estimate of drug-likeness (QED) is 0.698. The molecular weight excluding hydrogens is 380 g/mol. The van der Waals surface area contributed by atoms with Gasteiger partial charge in [-0.15, -0.1) is 0 Å². The molecule has 0 saturated carbocycles. The second kappa shape index (κ2) is 8.00. The largest absolute Gasteiger partial charge is 0.376 e. The van der Waals surface area contributed by atoms with E-state index in [-0.39, 0.29) is 6.10 Å². The van der Waals surface area contributed by atoms with Crippen LogP contribution in [0.4, 0.5) is 16.3 Å². The molecule has 7 nitrogen and oxygen atoms in total. The molecule has 1 aliphatic rings. The van der Waals surface area contributed by atoms with Crippen LogP contribution in [0.1, 0.15) is 12.8 Å². The van der Waals surface area contributed by atoms with Gasteiger partial charge in [0, 0.05) is 22.7 Å². The van der Waals surface area contributed by atoms with E-state index in [4.69, 9.17) is 16.3 Å². The Labute approximate surface area is 166 Å². The van der Waals surface area contributed by atoms with Crippen LogP contribution in [0.25, 0.3) is 10.9 Å². The third kappa shape index (κ3) is 4.00. The monoisotopic (exact) mass is 398 g/mol. The Morgan fingerprint density at radius 2 is 2.07 bits per heavy atom. The number of anilines is 2. The van der Waals surface area contributed by atoms with Crippen LogP contribution in [0.2, 0.25) is 5.02 Å². The summed E-state index contributed by atoms with van der Waals surface area (Å²) in [7, 11) is 0. The number of hydrogen-bond acceptors (Lipinski definition) is 4. The van der Waals surface area contributed by atoms with Crippen LogP contribution in [0.15, 0.2) is 53.3 Å². The average Bonchev–Trinajstić information content (AvgIpc) is 3.18. The van der Waals surface area contributed by atoms with Crippen molar-refractivity contribution in [2.24, 2.45) is 0 Å². The van der Waals surface area contributed by atoms with Gasteiger partial charge in [-0.1, -0.05) is 29.8 Å². The number of ether oxygens (including phenoxy) is 1. The van der Waals surface area contributed by atoms with Crippen LogP contribution in [0, 0.1) is 0 Å². The summed E-state index contributed by atoms with van der Waals surface area (Å²) < 4.78 is 7.13. The zero-order chi connectivity index (χ0) is 19.5. The first kappa shape index (κ1) is 18.5. The lowest BCUT2D eigenvalue weighted by molar-refractivity contribution is 0.0964. The van der Waals surface area contributed by atoms with Crippen LogP contribution in [0.5, 0.6) is 0 Å². The number of nitrogens with one attached hydrogen (secondary N) is 2. The fourth-order valence-corrected chi connectivity index (χ4v) is 3.50. The summed E-state index contributed by atoms with van der Waals surface area (Å²) in [6.07, 6.45) is 1.75. The van der Waals surface area contributed by atoms with Crippen molar-refractivity contribution in [1.29, 1.82) is 0 Å². The minimum absolute atomic E-state index is 0.0720. The summed E-state index contributed by atoms with van der Waals surface area (Å²) >= 11 is 5.97. The first-order chi connectivity index (χ1) is 13.6. The molecule has 2 heterocycles. The third-order valence-electron chi connectivity index (χ3n) is 4.60. The normalized spacial score (nSPS) is 16.2.